The highest BCUT2D eigenvalue weighted by Gasteiger charge is 2.35. The Morgan fingerprint density at radius 3 is 2.38 bits per heavy atom. The minimum Gasteiger partial charge on any atom is -0.349 e. The Bertz CT molecular complexity index is 732. The van der Waals surface area contributed by atoms with Crippen LogP contribution in [-0.4, -0.2) is 30.9 Å². The Balaban J connectivity index is 1.85. The van der Waals surface area contributed by atoms with Crippen LogP contribution in [0.25, 0.3) is 0 Å². The maximum atomic E-state index is 12.7. The number of hydrogen-bond donors (Lipinski definition) is 1. The highest BCUT2D eigenvalue weighted by Crippen LogP contribution is 2.40. The summed E-state index contributed by atoms with van der Waals surface area (Å²) in [5, 5.41) is 4.10. The van der Waals surface area contributed by atoms with Crippen molar-refractivity contribution in [3.63, 3.8) is 0 Å². The van der Waals surface area contributed by atoms with E-state index in [2.05, 4.69) is 30.4 Å². The molecule has 1 N–H and O–H groups in total. The average molecular weight is 371 g/mol. The first-order valence-corrected chi connectivity index (χ1v) is 9.72. The Morgan fingerprint density at radius 1 is 1.04 bits per heavy atom. The molecule has 3 nitrogen and oxygen atoms in total. The molecule has 0 spiro atoms. The molecule has 1 unspecified atom stereocenters. The quantitative estimate of drug-likeness (QED) is 0.809. The van der Waals surface area contributed by atoms with Gasteiger partial charge in [-0.05, 0) is 56.6 Å². The van der Waals surface area contributed by atoms with Gasteiger partial charge >= 0.3 is 0 Å². The van der Waals surface area contributed by atoms with Crippen LogP contribution in [0.15, 0.2) is 54.6 Å². The van der Waals surface area contributed by atoms with Crippen LogP contribution in [-0.2, 0) is 0 Å². The van der Waals surface area contributed by atoms with E-state index in [0.29, 0.717) is 5.92 Å². The SMILES string of the molecule is CN(C)C(c1ccccc1Cl)[C@@H]1CCCC[C@H]1NC(=O)c1ccccc1. The smallest absolute Gasteiger partial charge is 0.251 e. The molecule has 26 heavy (non-hydrogen) atoms. The van der Waals surface area contributed by atoms with Gasteiger partial charge in [0.2, 0.25) is 0 Å². The van der Waals surface area contributed by atoms with E-state index < -0.39 is 0 Å². The second kappa shape index (κ2) is 8.70. The molecule has 3 rings (SSSR count). The van der Waals surface area contributed by atoms with Crippen LogP contribution in [0.5, 0.6) is 0 Å². The lowest BCUT2D eigenvalue weighted by atomic mass is 9.77. The molecule has 1 aliphatic rings. The van der Waals surface area contributed by atoms with Crippen molar-refractivity contribution in [3.05, 3.63) is 70.7 Å². The fourth-order valence-corrected chi connectivity index (χ4v) is 4.41. The first-order chi connectivity index (χ1) is 12.6. The number of halogens is 1. The second-order valence-electron chi connectivity index (χ2n) is 7.32. The number of nitrogens with zero attached hydrogens (tertiary/aromatic N) is 1. The summed E-state index contributed by atoms with van der Waals surface area (Å²) in [7, 11) is 4.19. The van der Waals surface area contributed by atoms with E-state index in [1.54, 1.807) is 0 Å². The van der Waals surface area contributed by atoms with Crippen molar-refractivity contribution in [2.75, 3.05) is 14.1 Å². The Labute approximate surface area is 161 Å². The number of hydrogen-bond acceptors (Lipinski definition) is 2. The maximum Gasteiger partial charge on any atom is 0.251 e. The van der Waals surface area contributed by atoms with Gasteiger partial charge < -0.3 is 10.2 Å². The average Bonchev–Trinajstić information content (AvgIpc) is 2.65. The molecule has 0 aliphatic heterocycles. The van der Waals surface area contributed by atoms with E-state index >= 15 is 0 Å². The molecule has 1 amide bonds. The van der Waals surface area contributed by atoms with E-state index in [1.165, 1.54) is 6.42 Å². The van der Waals surface area contributed by atoms with Crippen molar-refractivity contribution in [2.24, 2.45) is 5.92 Å². The molecule has 0 aromatic heterocycles. The topological polar surface area (TPSA) is 32.3 Å². The molecule has 3 atom stereocenters. The molecule has 1 fully saturated rings. The molecule has 1 saturated carbocycles. The normalized spacial score (nSPS) is 21.4. The molecule has 0 saturated heterocycles. The molecule has 4 heteroatoms. The predicted molar refractivity (Wildman–Crippen MR) is 108 cm³/mol. The summed E-state index contributed by atoms with van der Waals surface area (Å²) in [6, 6.07) is 17.9. The van der Waals surface area contributed by atoms with Crippen molar-refractivity contribution in [2.45, 2.75) is 37.8 Å². The first kappa shape index (κ1) is 18.9. The highest BCUT2D eigenvalue weighted by molar-refractivity contribution is 6.31. The van der Waals surface area contributed by atoms with Crippen molar-refractivity contribution < 1.29 is 4.79 Å². The van der Waals surface area contributed by atoms with Gasteiger partial charge in [-0.1, -0.05) is 60.8 Å². The molecular weight excluding hydrogens is 344 g/mol. The summed E-state index contributed by atoms with van der Waals surface area (Å²) < 4.78 is 0. The predicted octanol–water partition coefficient (Wildman–Crippen LogP) is 4.93. The molecule has 138 valence electrons. The fraction of sp³-hybridized carbons (Fsp3) is 0.409. The van der Waals surface area contributed by atoms with E-state index in [0.717, 1.165) is 35.4 Å². The zero-order valence-electron chi connectivity index (χ0n) is 15.5. The number of rotatable bonds is 5. The molecule has 0 radical (unpaired) electrons. The Morgan fingerprint density at radius 2 is 1.69 bits per heavy atom. The Kier molecular flexibility index (Phi) is 6.33. The summed E-state index contributed by atoms with van der Waals surface area (Å²) in [6.45, 7) is 0. The number of amides is 1. The van der Waals surface area contributed by atoms with Crippen molar-refractivity contribution in [1.29, 1.82) is 0 Å². The zero-order chi connectivity index (χ0) is 18.5. The lowest BCUT2D eigenvalue weighted by Gasteiger charge is -2.41. The number of benzene rings is 2. The van der Waals surface area contributed by atoms with Crippen LogP contribution in [0.3, 0.4) is 0 Å². The van der Waals surface area contributed by atoms with E-state index in [-0.39, 0.29) is 18.0 Å². The molecule has 0 heterocycles. The summed E-state index contributed by atoms with van der Waals surface area (Å²) >= 11 is 6.52. The monoisotopic (exact) mass is 370 g/mol. The number of carbonyl (C=O) groups is 1. The summed E-state index contributed by atoms with van der Waals surface area (Å²) in [5.74, 6) is 0.352. The minimum atomic E-state index is 0.0131. The van der Waals surface area contributed by atoms with Crippen LogP contribution >= 0.6 is 11.6 Å². The third-order valence-corrected chi connectivity index (χ3v) is 5.70. The van der Waals surface area contributed by atoms with Gasteiger partial charge in [0.15, 0.2) is 0 Å². The lowest BCUT2D eigenvalue weighted by Crippen LogP contribution is -2.46. The molecule has 1 aliphatic carbocycles. The van der Waals surface area contributed by atoms with Crippen LogP contribution in [0.2, 0.25) is 5.02 Å². The van der Waals surface area contributed by atoms with E-state index in [4.69, 9.17) is 11.6 Å². The lowest BCUT2D eigenvalue weighted by molar-refractivity contribution is 0.0845. The summed E-state index contributed by atoms with van der Waals surface area (Å²) in [6.07, 6.45) is 4.45. The summed E-state index contributed by atoms with van der Waals surface area (Å²) in [4.78, 5) is 14.9. The third kappa shape index (κ3) is 4.28. The van der Waals surface area contributed by atoms with Crippen molar-refractivity contribution >= 4 is 17.5 Å². The molecular formula is C22H27ClN2O. The van der Waals surface area contributed by atoms with Gasteiger partial charge in [-0.2, -0.15) is 0 Å². The van der Waals surface area contributed by atoms with E-state index in [9.17, 15) is 4.79 Å². The van der Waals surface area contributed by atoms with Crippen LogP contribution < -0.4 is 5.32 Å². The maximum absolute atomic E-state index is 12.7. The zero-order valence-corrected chi connectivity index (χ0v) is 16.2. The minimum absolute atomic E-state index is 0.0131. The van der Waals surface area contributed by atoms with Gasteiger partial charge in [0.1, 0.15) is 0 Å². The standard InChI is InChI=1S/C22H27ClN2O/c1-25(2)21(17-12-6-8-14-19(17)23)18-13-7-9-15-20(18)24-22(26)16-10-4-3-5-11-16/h3-6,8,10-12,14,18,20-21H,7,9,13,15H2,1-2H3,(H,24,26)/t18-,20-,21?/m1/s1. The number of nitrogens with one attached hydrogen (secondary N) is 1. The van der Waals surface area contributed by atoms with Crippen LogP contribution in [0.4, 0.5) is 0 Å². The highest BCUT2D eigenvalue weighted by atomic mass is 35.5. The molecule has 0 bridgehead atoms. The van der Waals surface area contributed by atoms with Gasteiger partial charge in [0, 0.05) is 22.7 Å². The van der Waals surface area contributed by atoms with Crippen molar-refractivity contribution in [3.8, 4) is 0 Å². The van der Waals surface area contributed by atoms with Gasteiger partial charge in [-0.3, -0.25) is 4.79 Å². The first-order valence-electron chi connectivity index (χ1n) is 9.34. The fourth-order valence-electron chi connectivity index (χ4n) is 4.16. The van der Waals surface area contributed by atoms with Gasteiger partial charge in [-0.15, -0.1) is 0 Å². The van der Waals surface area contributed by atoms with Gasteiger partial charge in [-0.25, -0.2) is 0 Å². The van der Waals surface area contributed by atoms with E-state index in [1.807, 2.05) is 48.5 Å². The largest absolute Gasteiger partial charge is 0.349 e. The van der Waals surface area contributed by atoms with Crippen LogP contribution in [0, 0.1) is 5.92 Å². The van der Waals surface area contributed by atoms with Gasteiger partial charge in [0.05, 0.1) is 0 Å². The van der Waals surface area contributed by atoms with Gasteiger partial charge in [0.25, 0.3) is 5.91 Å². The molecule has 2 aromatic carbocycles. The third-order valence-electron chi connectivity index (χ3n) is 5.36. The van der Waals surface area contributed by atoms with Crippen molar-refractivity contribution in [1.82, 2.24) is 10.2 Å². The number of carbonyl (C=O) groups excluding carboxylic acids is 1. The summed E-state index contributed by atoms with van der Waals surface area (Å²) in [5.41, 5.74) is 1.86. The van der Waals surface area contributed by atoms with Crippen LogP contribution in [0.1, 0.15) is 47.6 Å². The second-order valence-corrected chi connectivity index (χ2v) is 7.73. The molecule has 2 aromatic rings. The Hall–Kier alpha value is -1.84.